The van der Waals surface area contributed by atoms with E-state index in [1.54, 1.807) is 12.1 Å². The molecule has 0 aliphatic heterocycles. The van der Waals surface area contributed by atoms with Crippen molar-refractivity contribution < 1.29 is 5.11 Å². The smallest absolute Gasteiger partial charge is 0.123 e. The molecule has 0 radical (unpaired) electrons. The van der Waals surface area contributed by atoms with Gasteiger partial charge >= 0.3 is 0 Å². The molecule has 32 heavy (non-hydrogen) atoms. The van der Waals surface area contributed by atoms with E-state index in [0.29, 0.717) is 5.02 Å². The van der Waals surface area contributed by atoms with Crippen LogP contribution in [0.3, 0.4) is 0 Å². The second kappa shape index (κ2) is 10.2. The average Bonchev–Trinajstić information content (AvgIpc) is 2.85. The quantitative estimate of drug-likeness (QED) is 0.284. The second-order valence-electron chi connectivity index (χ2n) is 7.83. The first-order valence-electron chi connectivity index (χ1n) is 10.9. The Bertz CT molecular complexity index is 1150. The molecular formula is C29H27ClOP+. The lowest BCUT2D eigenvalue weighted by atomic mass is 9.99. The predicted octanol–water partition coefficient (Wildman–Crippen LogP) is 7.51. The standard InChI is InChI=1S/C29H26ClOP/c1-2-20-32(25-14-8-4-9-15-25,26-16-10-5-11-17-26)22-28(23-12-6-3-7-13-23)27-21-24(30)18-19-29(27)31/h3-19,21-22H,2,20H2,1H3/p+1/b28-22-. The highest BCUT2D eigenvalue weighted by molar-refractivity contribution is 7.92. The van der Waals surface area contributed by atoms with Crippen molar-refractivity contribution >= 4 is 35.0 Å². The lowest BCUT2D eigenvalue weighted by Crippen LogP contribution is -2.23. The first-order valence-corrected chi connectivity index (χ1v) is 13.3. The van der Waals surface area contributed by atoms with Gasteiger partial charge in [-0.2, -0.15) is 0 Å². The van der Waals surface area contributed by atoms with Gasteiger partial charge in [-0.15, -0.1) is 0 Å². The Balaban J connectivity index is 2.07. The maximum Gasteiger partial charge on any atom is 0.123 e. The molecule has 0 spiro atoms. The molecule has 4 aromatic rings. The van der Waals surface area contributed by atoms with Gasteiger partial charge in [-0.3, -0.25) is 0 Å². The Kier molecular flexibility index (Phi) is 7.10. The summed E-state index contributed by atoms with van der Waals surface area (Å²) in [4.78, 5) is 0. The van der Waals surface area contributed by atoms with Crippen LogP contribution in [0.2, 0.25) is 5.02 Å². The number of phenolic OH excluding ortho intramolecular Hbond substituents is 1. The van der Waals surface area contributed by atoms with Gasteiger partial charge in [0.2, 0.25) is 0 Å². The highest BCUT2D eigenvalue weighted by Crippen LogP contribution is 2.60. The number of rotatable bonds is 7. The summed E-state index contributed by atoms with van der Waals surface area (Å²) in [6.45, 7) is 2.24. The van der Waals surface area contributed by atoms with Crippen LogP contribution < -0.4 is 10.6 Å². The zero-order valence-corrected chi connectivity index (χ0v) is 19.8. The van der Waals surface area contributed by atoms with Gasteiger partial charge in [-0.25, -0.2) is 0 Å². The summed E-state index contributed by atoms with van der Waals surface area (Å²) < 4.78 is 0. The first-order chi connectivity index (χ1) is 15.6. The van der Waals surface area contributed by atoms with E-state index in [2.05, 4.69) is 85.5 Å². The van der Waals surface area contributed by atoms with Crippen molar-refractivity contribution in [2.24, 2.45) is 0 Å². The molecule has 0 atom stereocenters. The van der Waals surface area contributed by atoms with E-state index in [1.165, 1.54) is 10.6 Å². The first kappa shape index (κ1) is 22.3. The third-order valence-electron chi connectivity index (χ3n) is 5.69. The molecule has 0 aromatic heterocycles. The van der Waals surface area contributed by atoms with Gasteiger partial charge in [-0.1, -0.05) is 85.3 Å². The highest BCUT2D eigenvalue weighted by atomic mass is 35.5. The molecule has 0 aliphatic rings. The SMILES string of the molecule is CCC[P+](/C=C(/c1ccccc1)c1cc(Cl)ccc1O)(c1ccccc1)c1ccccc1. The van der Waals surface area contributed by atoms with E-state index in [9.17, 15) is 5.11 Å². The van der Waals surface area contributed by atoms with E-state index in [4.69, 9.17) is 11.6 Å². The Morgan fingerprint density at radius 2 is 1.31 bits per heavy atom. The van der Waals surface area contributed by atoms with Gasteiger partial charge in [0.05, 0.1) is 12.0 Å². The molecule has 3 heteroatoms. The Labute approximate surface area is 196 Å². The van der Waals surface area contributed by atoms with Crippen molar-refractivity contribution in [3.8, 4) is 5.75 Å². The molecule has 4 rings (SSSR count). The molecule has 0 aliphatic carbocycles. The van der Waals surface area contributed by atoms with Crippen LogP contribution in [0.4, 0.5) is 0 Å². The molecule has 0 amide bonds. The van der Waals surface area contributed by atoms with Crippen molar-refractivity contribution in [1.29, 1.82) is 0 Å². The molecular weight excluding hydrogens is 431 g/mol. The lowest BCUT2D eigenvalue weighted by molar-refractivity contribution is 0.473. The van der Waals surface area contributed by atoms with Crippen molar-refractivity contribution in [3.05, 3.63) is 131 Å². The van der Waals surface area contributed by atoms with Crippen LogP contribution in [-0.2, 0) is 0 Å². The van der Waals surface area contributed by atoms with Crippen LogP contribution in [0, 0.1) is 0 Å². The predicted molar refractivity (Wildman–Crippen MR) is 141 cm³/mol. The maximum atomic E-state index is 10.8. The number of aromatic hydroxyl groups is 1. The fourth-order valence-corrected chi connectivity index (χ4v) is 8.48. The fraction of sp³-hybridized carbons (Fsp3) is 0.103. The van der Waals surface area contributed by atoms with Crippen molar-refractivity contribution in [3.63, 3.8) is 0 Å². The molecule has 1 nitrogen and oxygen atoms in total. The highest BCUT2D eigenvalue weighted by Gasteiger charge is 2.41. The van der Waals surface area contributed by atoms with E-state index in [1.807, 2.05) is 24.3 Å². The summed E-state index contributed by atoms with van der Waals surface area (Å²) in [5, 5.41) is 14.1. The molecule has 0 fully saturated rings. The van der Waals surface area contributed by atoms with E-state index in [-0.39, 0.29) is 5.75 Å². The van der Waals surface area contributed by atoms with Crippen LogP contribution in [0.1, 0.15) is 24.5 Å². The summed E-state index contributed by atoms with van der Waals surface area (Å²) in [6, 6.07) is 37.2. The zero-order valence-electron chi connectivity index (χ0n) is 18.2. The van der Waals surface area contributed by atoms with Gasteiger partial charge in [0.25, 0.3) is 0 Å². The molecule has 0 bridgehead atoms. The van der Waals surface area contributed by atoms with Crippen LogP contribution in [0.5, 0.6) is 5.75 Å². The fourth-order valence-electron chi connectivity index (χ4n) is 4.22. The number of benzene rings is 4. The molecule has 0 unspecified atom stereocenters. The van der Waals surface area contributed by atoms with Gasteiger partial charge in [-0.05, 0) is 54.4 Å². The lowest BCUT2D eigenvalue weighted by Gasteiger charge is -2.25. The minimum Gasteiger partial charge on any atom is -0.507 e. The summed E-state index contributed by atoms with van der Waals surface area (Å²) in [7, 11) is -1.94. The van der Waals surface area contributed by atoms with E-state index < -0.39 is 7.26 Å². The summed E-state index contributed by atoms with van der Waals surface area (Å²) in [6.07, 6.45) is 2.09. The normalized spacial score (nSPS) is 12.0. The summed E-state index contributed by atoms with van der Waals surface area (Å²) in [5.74, 6) is 2.67. The van der Waals surface area contributed by atoms with E-state index >= 15 is 0 Å². The molecule has 160 valence electrons. The number of hydrogen-bond acceptors (Lipinski definition) is 1. The Morgan fingerprint density at radius 3 is 1.84 bits per heavy atom. The minimum absolute atomic E-state index is 0.236. The minimum atomic E-state index is -1.94. The van der Waals surface area contributed by atoms with Crippen LogP contribution in [0.15, 0.2) is 115 Å². The zero-order chi connectivity index (χ0) is 22.4. The van der Waals surface area contributed by atoms with Gasteiger partial charge in [0.15, 0.2) is 0 Å². The molecule has 0 saturated heterocycles. The third-order valence-corrected chi connectivity index (χ3v) is 10.2. The van der Waals surface area contributed by atoms with Gasteiger partial charge in [0, 0.05) is 16.2 Å². The molecule has 4 aromatic carbocycles. The van der Waals surface area contributed by atoms with Crippen LogP contribution in [-0.4, -0.2) is 11.3 Å². The third kappa shape index (κ3) is 4.65. The van der Waals surface area contributed by atoms with Crippen molar-refractivity contribution in [2.45, 2.75) is 13.3 Å². The molecule has 0 saturated carbocycles. The molecule has 0 heterocycles. The summed E-state index contributed by atoms with van der Waals surface area (Å²) in [5.41, 5.74) is 2.84. The Morgan fingerprint density at radius 1 is 0.781 bits per heavy atom. The van der Waals surface area contributed by atoms with Crippen molar-refractivity contribution in [2.75, 3.05) is 6.16 Å². The van der Waals surface area contributed by atoms with Crippen LogP contribution in [0.25, 0.3) is 5.57 Å². The largest absolute Gasteiger partial charge is 0.507 e. The average molecular weight is 458 g/mol. The molecule has 1 N–H and O–H groups in total. The topological polar surface area (TPSA) is 20.2 Å². The van der Waals surface area contributed by atoms with Gasteiger partial charge < -0.3 is 5.11 Å². The van der Waals surface area contributed by atoms with Gasteiger partial charge in [0.1, 0.15) is 23.6 Å². The number of hydrogen-bond donors (Lipinski definition) is 1. The number of phenols is 1. The van der Waals surface area contributed by atoms with Crippen LogP contribution >= 0.6 is 18.9 Å². The second-order valence-corrected chi connectivity index (χ2v) is 11.7. The maximum absolute atomic E-state index is 10.8. The van der Waals surface area contributed by atoms with Crippen molar-refractivity contribution in [1.82, 2.24) is 0 Å². The summed E-state index contributed by atoms with van der Waals surface area (Å²) >= 11 is 6.39. The van der Waals surface area contributed by atoms with E-state index in [0.717, 1.165) is 29.3 Å². The number of halogens is 1. The Hall–Kier alpha value is -2.86. The monoisotopic (exact) mass is 457 g/mol.